The maximum absolute atomic E-state index is 12.8. The van der Waals surface area contributed by atoms with Gasteiger partial charge in [-0.1, -0.05) is 25.5 Å². The normalized spacial score (nSPS) is 10.8. The monoisotopic (exact) mass is 328 g/mol. The summed E-state index contributed by atoms with van der Waals surface area (Å²) in [6.45, 7) is 2.83. The van der Waals surface area contributed by atoms with Crippen LogP contribution in [-0.2, 0) is 11.2 Å². The average molecular weight is 328 g/mol. The fourth-order valence-electron chi connectivity index (χ4n) is 1.99. The lowest BCUT2D eigenvalue weighted by atomic mass is 10.1. The molecule has 4 nitrogen and oxygen atoms in total. The van der Waals surface area contributed by atoms with Crippen molar-refractivity contribution >= 4 is 12.1 Å². The summed E-state index contributed by atoms with van der Waals surface area (Å²) < 4.78 is 18.4. The summed E-state index contributed by atoms with van der Waals surface area (Å²) >= 11 is 0. The summed E-state index contributed by atoms with van der Waals surface area (Å²) in [4.78, 5) is 11.7. The first-order chi connectivity index (χ1) is 11.7. The van der Waals surface area contributed by atoms with E-state index in [4.69, 9.17) is 4.74 Å². The molecule has 0 aliphatic rings. The Kier molecular flexibility index (Phi) is 6.95. The summed E-state index contributed by atoms with van der Waals surface area (Å²) in [5.41, 5.74) is 4.05. The Morgan fingerprint density at radius 2 is 1.88 bits per heavy atom. The van der Waals surface area contributed by atoms with Crippen molar-refractivity contribution in [2.75, 3.05) is 6.61 Å². The van der Waals surface area contributed by atoms with Gasteiger partial charge in [-0.15, -0.1) is 0 Å². The molecule has 0 bridgehead atoms. The van der Waals surface area contributed by atoms with Gasteiger partial charge < -0.3 is 4.74 Å². The minimum atomic E-state index is -0.320. The predicted molar refractivity (Wildman–Crippen MR) is 92.7 cm³/mol. The second kappa shape index (κ2) is 9.45. The Morgan fingerprint density at radius 3 is 2.54 bits per heavy atom. The quantitative estimate of drug-likeness (QED) is 0.456. The molecule has 0 saturated carbocycles. The first kappa shape index (κ1) is 17.7. The first-order valence-electron chi connectivity index (χ1n) is 7.96. The average Bonchev–Trinajstić information content (AvgIpc) is 2.59. The van der Waals surface area contributed by atoms with Gasteiger partial charge in [0.15, 0.2) is 0 Å². The molecular formula is C19H21FN2O2. The van der Waals surface area contributed by atoms with Gasteiger partial charge in [-0.3, -0.25) is 4.79 Å². The highest BCUT2D eigenvalue weighted by molar-refractivity contribution is 5.83. The molecule has 24 heavy (non-hydrogen) atoms. The highest BCUT2D eigenvalue weighted by Gasteiger charge is 2.02. The number of benzene rings is 2. The zero-order valence-electron chi connectivity index (χ0n) is 13.7. The molecule has 0 aliphatic carbocycles. The van der Waals surface area contributed by atoms with Crippen LogP contribution in [0.25, 0.3) is 0 Å². The molecule has 2 rings (SSSR count). The third-order valence-corrected chi connectivity index (χ3v) is 3.33. The number of rotatable bonds is 8. The van der Waals surface area contributed by atoms with E-state index in [1.54, 1.807) is 18.3 Å². The van der Waals surface area contributed by atoms with Crippen molar-refractivity contribution in [1.29, 1.82) is 0 Å². The smallest absolute Gasteiger partial charge is 0.244 e. The number of hydrogen-bond donors (Lipinski definition) is 1. The van der Waals surface area contributed by atoms with Gasteiger partial charge in [0.2, 0.25) is 5.91 Å². The number of nitrogens with one attached hydrogen (secondary N) is 1. The van der Waals surface area contributed by atoms with Crippen LogP contribution in [0.15, 0.2) is 53.6 Å². The van der Waals surface area contributed by atoms with E-state index in [2.05, 4.69) is 17.5 Å². The van der Waals surface area contributed by atoms with Gasteiger partial charge in [-0.2, -0.15) is 5.10 Å². The number of amides is 1. The number of unbranched alkanes of at least 4 members (excludes halogenated alkanes) is 1. The van der Waals surface area contributed by atoms with Gasteiger partial charge in [0.25, 0.3) is 0 Å². The molecule has 2 aromatic rings. The molecule has 0 fully saturated rings. The Hall–Kier alpha value is -2.69. The van der Waals surface area contributed by atoms with E-state index < -0.39 is 0 Å². The summed E-state index contributed by atoms with van der Waals surface area (Å²) in [6.07, 6.45) is 3.85. The summed E-state index contributed by atoms with van der Waals surface area (Å²) in [7, 11) is 0. The molecular weight excluding hydrogens is 307 g/mol. The van der Waals surface area contributed by atoms with Crippen LogP contribution in [0, 0.1) is 5.82 Å². The van der Waals surface area contributed by atoms with Crippen molar-refractivity contribution in [3.63, 3.8) is 0 Å². The topological polar surface area (TPSA) is 50.7 Å². The van der Waals surface area contributed by atoms with Gasteiger partial charge in [-0.25, -0.2) is 9.82 Å². The third kappa shape index (κ3) is 6.20. The number of halogens is 1. The van der Waals surface area contributed by atoms with Crippen molar-refractivity contribution in [3.8, 4) is 5.75 Å². The van der Waals surface area contributed by atoms with E-state index in [9.17, 15) is 9.18 Å². The van der Waals surface area contributed by atoms with Crippen LogP contribution < -0.4 is 10.2 Å². The fraction of sp³-hybridized carbons (Fsp3) is 0.263. The fourth-order valence-corrected chi connectivity index (χ4v) is 1.99. The molecule has 0 aliphatic heterocycles. The molecule has 0 saturated heterocycles. The zero-order valence-corrected chi connectivity index (χ0v) is 13.7. The highest BCUT2D eigenvalue weighted by atomic mass is 19.1. The van der Waals surface area contributed by atoms with Crippen LogP contribution in [-0.4, -0.2) is 18.7 Å². The van der Waals surface area contributed by atoms with E-state index in [0.717, 1.165) is 29.7 Å². The maximum atomic E-state index is 12.8. The number of hydrazone groups is 1. The van der Waals surface area contributed by atoms with Crippen molar-refractivity contribution < 1.29 is 13.9 Å². The van der Waals surface area contributed by atoms with E-state index in [-0.39, 0.29) is 18.1 Å². The number of ether oxygens (including phenoxy) is 1. The van der Waals surface area contributed by atoms with E-state index in [1.807, 2.05) is 24.3 Å². The summed E-state index contributed by atoms with van der Waals surface area (Å²) in [6, 6.07) is 13.3. The van der Waals surface area contributed by atoms with Gasteiger partial charge >= 0.3 is 0 Å². The molecule has 1 amide bonds. The molecule has 1 N–H and O–H groups in total. The molecule has 126 valence electrons. The predicted octanol–water partition coefficient (Wildman–Crippen LogP) is 3.70. The van der Waals surface area contributed by atoms with Crippen molar-refractivity contribution in [3.05, 3.63) is 65.5 Å². The maximum Gasteiger partial charge on any atom is 0.244 e. The van der Waals surface area contributed by atoms with Crippen LogP contribution >= 0.6 is 0 Å². The lowest BCUT2D eigenvalue weighted by Gasteiger charge is -2.05. The van der Waals surface area contributed by atoms with Crippen LogP contribution in [0.5, 0.6) is 5.75 Å². The molecule has 0 unspecified atom stereocenters. The van der Waals surface area contributed by atoms with E-state index in [1.165, 1.54) is 12.1 Å². The lowest BCUT2D eigenvalue weighted by molar-refractivity contribution is -0.120. The molecule has 0 spiro atoms. The van der Waals surface area contributed by atoms with E-state index >= 15 is 0 Å². The van der Waals surface area contributed by atoms with E-state index in [0.29, 0.717) is 6.61 Å². The Bertz CT molecular complexity index is 667. The standard InChI is InChI=1S/C19H21FN2O2/c1-2-3-12-24-18-10-6-16(7-11-18)14-21-22-19(23)13-15-4-8-17(20)9-5-15/h4-11,14H,2-3,12-13H2,1H3,(H,22,23). The van der Waals surface area contributed by atoms with Crippen LogP contribution in [0.2, 0.25) is 0 Å². The van der Waals surface area contributed by atoms with Crippen LogP contribution in [0.4, 0.5) is 4.39 Å². The Morgan fingerprint density at radius 1 is 1.17 bits per heavy atom. The first-order valence-corrected chi connectivity index (χ1v) is 7.96. The summed E-state index contributed by atoms with van der Waals surface area (Å²) in [5, 5.41) is 3.92. The Labute approximate surface area is 141 Å². The van der Waals surface area contributed by atoms with Crippen molar-refractivity contribution in [2.24, 2.45) is 5.10 Å². The minimum Gasteiger partial charge on any atom is -0.494 e. The molecule has 0 radical (unpaired) electrons. The number of nitrogens with zero attached hydrogens (tertiary/aromatic N) is 1. The Balaban J connectivity index is 1.78. The SMILES string of the molecule is CCCCOc1ccc(C=NNC(=O)Cc2ccc(F)cc2)cc1. The van der Waals surface area contributed by atoms with Gasteiger partial charge in [0.05, 0.1) is 19.2 Å². The van der Waals surface area contributed by atoms with Gasteiger partial charge in [-0.05, 0) is 53.9 Å². The lowest BCUT2D eigenvalue weighted by Crippen LogP contribution is -2.19. The molecule has 0 heterocycles. The van der Waals surface area contributed by atoms with Crippen molar-refractivity contribution in [1.82, 2.24) is 5.43 Å². The van der Waals surface area contributed by atoms with Crippen molar-refractivity contribution in [2.45, 2.75) is 26.2 Å². The largest absolute Gasteiger partial charge is 0.494 e. The molecule has 2 aromatic carbocycles. The van der Waals surface area contributed by atoms with Gasteiger partial charge in [0.1, 0.15) is 11.6 Å². The number of hydrogen-bond acceptors (Lipinski definition) is 3. The third-order valence-electron chi connectivity index (χ3n) is 3.33. The highest BCUT2D eigenvalue weighted by Crippen LogP contribution is 2.11. The second-order valence-corrected chi connectivity index (χ2v) is 5.37. The zero-order chi connectivity index (χ0) is 17.2. The van der Waals surface area contributed by atoms with Gasteiger partial charge in [0, 0.05) is 0 Å². The minimum absolute atomic E-state index is 0.155. The molecule has 0 aromatic heterocycles. The summed E-state index contributed by atoms with van der Waals surface area (Å²) in [5.74, 6) is 0.248. The van der Waals surface area contributed by atoms with Crippen LogP contribution in [0.3, 0.4) is 0 Å². The van der Waals surface area contributed by atoms with Crippen LogP contribution in [0.1, 0.15) is 30.9 Å². The number of carbonyl (C=O) groups is 1. The number of carbonyl (C=O) groups excluding carboxylic acids is 1. The second-order valence-electron chi connectivity index (χ2n) is 5.37. The molecule has 0 atom stereocenters. The molecule has 5 heteroatoms.